The molecule has 0 amide bonds. The second-order valence-corrected chi connectivity index (χ2v) is 5.32. The van der Waals surface area contributed by atoms with Crippen molar-refractivity contribution < 1.29 is 4.74 Å². The third kappa shape index (κ3) is 3.66. The first kappa shape index (κ1) is 14.3. The van der Waals surface area contributed by atoms with E-state index in [1.54, 1.807) is 11.8 Å². The minimum atomic E-state index is 0.627. The molecule has 0 aliphatic heterocycles. The van der Waals surface area contributed by atoms with Gasteiger partial charge in [0.25, 0.3) is 0 Å². The van der Waals surface area contributed by atoms with E-state index >= 15 is 0 Å². The average molecular weight is 294 g/mol. The number of thioether (sulfide) groups is 1. The highest BCUT2D eigenvalue weighted by molar-refractivity contribution is 7.98. The maximum Gasteiger partial charge on any atom is 0.150 e. The van der Waals surface area contributed by atoms with Gasteiger partial charge in [-0.15, -0.1) is 11.8 Å². The number of ether oxygens (including phenoxy) is 1. The van der Waals surface area contributed by atoms with Crippen molar-refractivity contribution in [3.05, 3.63) is 53.1 Å². The van der Waals surface area contributed by atoms with E-state index < -0.39 is 0 Å². The van der Waals surface area contributed by atoms with Gasteiger partial charge in [-0.05, 0) is 43.6 Å². The first-order chi connectivity index (χ1) is 9.24. The van der Waals surface area contributed by atoms with Gasteiger partial charge in [0.15, 0.2) is 0 Å². The molecule has 0 heterocycles. The van der Waals surface area contributed by atoms with Crippen molar-refractivity contribution in [3.8, 4) is 11.5 Å². The molecular formula is C15H16ClNOS. The summed E-state index contributed by atoms with van der Waals surface area (Å²) < 4.78 is 5.91. The van der Waals surface area contributed by atoms with Gasteiger partial charge in [-0.1, -0.05) is 23.7 Å². The minimum absolute atomic E-state index is 0.627. The number of halogens is 1. The molecule has 2 nitrogen and oxygen atoms in total. The number of nitrogens with one attached hydrogen (secondary N) is 1. The summed E-state index contributed by atoms with van der Waals surface area (Å²) in [6.45, 7) is 0.721. The van der Waals surface area contributed by atoms with Crippen molar-refractivity contribution in [2.75, 3.05) is 13.3 Å². The Labute approximate surface area is 123 Å². The molecule has 0 saturated heterocycles. The number of rotatable bonds is 5. The van der Waals surface area contributed by atoms with Gasteiger partial charge in [0, 0.05) is 17.0 Å². The van der Waals surface area contributed by atoms with Gasteiger partial charge in [-0.2, -0.15) is 0 Å². The molecule has 100 valence electrons. The fraction of sp³-hybridized carbons (Fsp3) is 0.200. The fourth-order valence-electron chi connectivity index (χ4n) is 1.76. The van der Waals surface area contributed by atoms with Crippen LogP contribution in [-0.4, -0.2) is 13.3 Å². The lowest BCUT2D eigenvalue weighted by atomic mass is 10.2. The highest BCUT2D eigenvalue weighted by atomic mass is 35.5. The van der Waals surface area contributed by atoms with Crippen molar-refractivity contribution in [1.82, 2.24) is 5.32 Å². The Hall–Kier alpha value is -1.16. The molecule has 2 aromatic rings. The highest BCUT2D eigenvalue weighted by Gasteiger charge is 2.09. The van der Waals surface area contributed by atoms with Gasteiger partial charge >= 0.3 is 0 Å². The molecule has 2 rings (SSSR count). The fourth-order valence-corrected chi connectivity index (χ4v) is 2.40. The van der Waals surface area contributed by atoms with Crippen LogP contribution in [-0.2, 0) is 6.54 Å². The van der Waals surface area contributed by atoms with E-state index in [2.05, 4.69) is 11.6 Å². The van der Waals surface area contributed by atoms with Crippen LogP contribution in [0.5, 0.6) is 11.5 Å². The lowest BCUT2D eigenvalue weighted by Crippen LogP contribution is -2.06. The summed E-state index contributed by atoms with van der Waals surface area (Å²) >= 11 is 7.92. The summed E-state index contributed by atoms with van der Waals surface area (Å²) in [6, 6.07) is 13.8. The quantitative estimate of drug-likeness (QED) is 0.816. The molecule has 19 heavy (non-hydrogen) atoms. The summed E-state index contributed by atoms with van der Waals surface area (Å²) in [5, 5.41) is 3.74. The normalized spacial score (nSPS) is 10.5. The summed E-state index contributed by atoms with van der Waals surface area (Å²) in [5.41, 5.74) is 1.05. The maximum atomic E-state index is 6.22. The topological polar surface area (TPSA) is 21.3 Å². The monoisotopic (exact) mass is 293 g/mol. The van der Waals surface area contributed by atoms with E-state index in [9.17, 15) is 0 Å². The molecule has 1 N–H and O–H groups in total. The molecule has 0 fully saturated rings. The lowest BCUT2D eigenvalue weighted by Gasteiger charge is -2.12. The Morgan fingerprint density at radius 3 is 2.53 bits per heavy atom. The maximum absolute atomic E-state index is 6.22. The zero-order valence-electron chi connectivity index (χ0n) is 10.9. The second kappa shape index (κ2) is 6.85. The van der Waals surface area contributed by atoms with Crippen molar-refractivity contribution >= 4 is 23.4 Å². The minimum Gasteiger partial charge on any atom is -0.455 e. The van der Waals surface area contributed by atoms with Crippen LogP contribution in [0, 0.1) is 0 Å². The smallest absolute Gasteiger partial charge is 0.150 e. The van der Waals surface area contributed by atoms with Gasteiger partial charge < -0.3 is 10.1 Å². The van der Waals surface area contributed by atoms with Crippen LogP contribution in [0.25, 0.3) is 0 Å². The first-order valence-corrected chi connectivity index (χ1v) is 7.58. The molecule has 0 spiro atoms. The largest absolute Gasteiger partial charge is 0.455 e. The van der Waals surface area contributed by atoms with Crippen LogP contribution in [0.1, 0.15) is 5.56 Å². The lowest BCUT2D eigenvalue weighted by molar-refractivity contribution is 0.474. The van der Waals surface area contributed by atoms with Crippen molar-refractivity contribution in [3.63, 3.8) is 0 Å². The van der Waals surface area contributed by atoms with Crippen LogP contribution in [0.3, 0.4) is 0 Å². The Kier molecular flexibility index (Phi) is 5.14. The molecule has 0 aliphatic carbocycles. The SMILES string of the molecule is CNCc1cccc(Cl)c1Oc1ccc(SC)cc1. The van der Waals surface area contributed by atoms with Crippen molar-refractivity contribution in [1.29, 1.82) is 0 Å². The number of hydrogen-bond acceptors (Lipinski definition) is 3. The van der Waals surface area contributed by atoms with Crippen molar-refractivity contribution in [2.45, 2.75) is 11.4 Å². The first-order valence-electron chi connectivity index (χ1n) is 5.98. The Morgan fingerprint density at radius 1 is 1.16 bits per heavy atom. The van der Waals surface area contributed by atoms with E-state index in [-0.39, 0.29) is 0 Å². The second-order valence-electron chi connectivity index (χ2n) is 4.04. The number of benzene rings is 2. The summed E-state index contributed by atoms with van der Waals surface area (Å²) in [5.74, 6) is 1.51. The molecule has 0 atom stereocenters. The van der Waals surface area contributed by atoms with Crippen LogP contribution < -0.4 is 10.1 Å². The molecule has 4 heteroatoms. The van der Waals surface area contributed by atoms with E-state index in [4.69, 9.17) is 16.3 Å². The molecule has 0 aromatic heterocycles. The van der Waals surface area contributed by atoms with Gasteiger partial charge in [0.1, 0.15) is 11.5 Å². The zero-order chi connectivity index (χ0) is 13.7. The molecule has 0 bridgehead atoms. The molecule has 0 radical (unpaired) electrons. The van der Waals surface area contributed by atoms with Crippen molar-refractivity contribution in [2.24, 2.45) is 0 Å². The van der Waals surface area contributed by atoms with Crippen LogP contribution in [0.2, 0.25) is 5.02 Å². The van der Waals surface area contributed by atoms with E-state index in [1.165, 1.54) is 4.90 Å². The van der Waals surface area contributed by atoms with Crippen LogP contribution in [0.15, 0.2) is 47.4 Å². The van der Waals surface area contributed by atoms with Gasteiger partial charge in [-0.25, -0.2) is 0 Å². The van der Waals surface area contributed by atoms with Gasteiger partial charge in [-0.3, -0.25) is 0 Å². The molecule has 0 saturated carbocycles. The zero-order valence-corrected chi connectivity index (χ0v) is 12.5. The Bertz CT molecular complexity index is 542. The third-order valence-corrected chi connectivity index (χ3v) is 3.74. The molecule has 0 unspecified atom stereocenters. The molecule has 0 aliphatic rings. The van der Waals surface area contributed by atoms with Crippen LogP contribution in [0.4, 0.5) is 0 Å². The summed E-state index contributed by atoms with van der Waals surface area (Å²) in [4.78, 5) is 1.21. The third-order valence-electron chi connectivity index (χ3n) is 2.70. The predicted octanol–water partition coefficient (Wildman–Crippen LogP) is 4.57. The number of hydrogen-bond donors (Lipinski definition) is 1. The number of para-hydroxylation sites is 1. The Morgan fingerprint density at radius 2 is 1.89 bits per heavy atom. The highest BCUT2D eigenvalue weighted by Crippen LogP contribution is 2.33. The van der Waals surface area contributed by atoms with Gasteiger partial charge in [0.2, 0.25) is 0 Å². The van der Waals surface area contributed by atoms with E-state index in [1.807, 2.05) is 49.5 Å². The van der Waals surface area contributed by atoms with E-state index in [0.717, 1.165) is 23.6 Å². The average Bonchev–Trinajstić information content (AvgIpc) is 2.44. The predicted molar refractivity (Wildman–Crippen MR) is 82.5 cm³/mol. The van der Waals surface area contributed by atoms with Crippen LogP contribution >= 0.6 is 23.4 Å². The summed E-state index contributed by atoms with van der Waals surface area (Å²) in [7, 11) is 1.90. The molecular weight excluding hydrogens is 278 g/mol. The summed E-state index contributed by atoms with van der Waals surface area (Å²) in [6.07, 6.45) is 2.05. The molecule has 2 aromatic carbocycles. The van der Waals surface area contributed by atoms with E-state index in [0.29, 0.717) is 5.02 Å². The van der Waals surface area contributed by atoms with Gasteiger partial charge in [0.05, 0.1) is 5.02 Å². The Balaban J connectivity index is 2.26. The standard InChI is InChI=1S/C15H16ClNOS/c1-17-10-11-4-3-5-14(16)15(11)18-12-6-8-13(19-2)9-7-12/h3-9,17H,10H2,1-2H3.